The van der Waals surface area contributed by atoms with Gasteiger partial charge in [-0.2, -0.15) is 0 Å². The molecule has 0 radical (unpaired) electrons. The average molecular weight is 390 g/mol. The summed E-state index contributed by atoms with van der Waals surface area (Å²) in [6.45, 7) is 12.0. The Balaban J connectivity index is 2.16. The predicted molar refractivity (Wildman–Crippen MR) is 112 cm³/mol. The summed E-state index contributed by atoms with van der Waals surface area (Å²) >= 11 is -1.20. The SMILES string of the molecule is Cc1cc([C@@H](C)N[S+]([O-])C(C)(C)C)c2nc(C3(C)CCC3)n(C)c(=O)c2c1. The number of nitrogens with zero attached hydrogens (tertiary/aromatic N) is 2. The highest BCUT2D eigenvalue weighted by Crippen LogP contribution is 2.42. The summed E-state index contributed by atoms with van der Waals surface area (Å²) in [5.41, 5.74) is 2.64. The van der Waals surface area contributed by atoms with E-state index in [2.05, 4.69) is 17.7 Å². The molecule has 5 nitrogen and oxygen atoms in total. The van der Waals surface area contributed by atoms with Crippen molar-refractivity contribution in [3.05, 3.63) is 39.4 Å². The fraction of sp³-hybridized carbons (Fsp3) is 0.619. The van der Waals surface area contributed by atoms with E-state index in [0.717, 1.165) is 35.3 Å². The zero-order valence-electron chi connectivity index (χ0n) is 17.5. The molecule has 6 heteroatoms. The molecule has 0 bridgehead atoms. The van der Waals surface area contributed by atoms with Gasteiger partial charge in [-0.25, -0.2) is 4.98 Å². The van der Waals surface area contributed by atoms with Crippen LogP contribution in [0, 0.1) is 6.92 Å². The van der Waals surface area contributed by atoms with Gasteiger partial charge in [-0.3, -0.25) is 9.36 Å². The number of nitrogens with one attached hydrogen (secondary N) is 1. The Morgan fingerprint density at radius 3 is 2.48 bits per heavy atom. The third-order valence-electron chi connectivity index (χ3n) is 5.66. The highest BCUT2D eigenvalue weighted by Gasteiger charge is 2.38. The molecule has 0 amide bonds. The van der Waals surface area contributed by atoms with Crippen molar-refractivity contribution in [2.24, 2.45) is 7.05 Å². The van der Waals surface area contributed by atoms with Crippen LogP contribution >= 0.6 is 0 Å². The van der Waals surface area contributed by atoms with Gasteiger partial charge < -0.3 is 4.55 Å². The normalized spacial score (nSPS) is 19.0. The number of hydrogen-bond acceptors (Lipinski definition) is 4. The molecule has 2 aromatic rings. The molecule has 1 unspecified atom stereocenters. The third kappa shape index (κ3) is 3.67. The molecule has 148 valence electrons. The fourth-order valence-corrected chi connectivity index (χ4v) is 4.56. The number of rotatable bonds is 4. The summed E-state index contributed by atoms with van der Waals surface area (Å²) in [5, 5.41) is 0.634. The van der Waals surface area contributed by atoms with E-state index in [-0.39, 0.29) is 21.8 Å². The minimum atomic E-state index is -1.20. The zero-order chi connectivity index (χ0) is 20.1. The van der Waals surface area contributed by atoms with Gasteiger partial charge in [0.05, 0.1) is 16.9 Å². The summed E-state index contributed by atoms with van der Waals surface area (Å²) in [7, 11) is 1.83. The van der Waals surface area contributed by atoms with Gasteiger partial charge in [0.1, 0.15) is 10.6 Å². The lowest BCUT2D eigenvalue weighted by molar-refractivity contribution is 0.247. The summed E-state index contributed by atoms with van der Waals surface area (Å²) in [6.07, 6.45) is 3.29. The Kier molecular flexibility index (Phi) is 5.21. The van der Waals surface area contributed by atoms with Gasteiger partial charge in [-0.05, 0) is 59.1 Å². The fourth-order valence-electron chi connectivity index (χ4n) is 3.75. The molecule has 3 rings (SSSR count). The van der Waals surface area contributed by atoms with Crippen LogP contribution in [0.25, 0.3) is 10.9 Å². The van der Waals surface area contributed by atoms with Crippen molar-refractivity contribution >= 4 is 22.3 Å². The van der Waals surface area contributed by atoms with Crippen molar-refractivity contribution in [2.45, 2.75) is 77.0 Å². The van der Waals surface area contributed by atoms with Gasteiger partial charge >= 0.3 is 0 Å². The maximum atomic E-state index is 13.1. The van der Waals surface area contributed by atoms with Gasteiger partial charge in [0.2, 0.25) is 0 Å². The number of aryl methyl sites for hydroxylation is 1. The quantitative estimate of drug-likeness (QED) is 0.808. The Hall–Kier alpha value is -1.37. The molecule has 1 N–H and O–H groups in total. The van der Waals surface area contributed by atoms with Gasteiger partial charge in [-0.15, -0.1) is 4.72 Å². The highest BCUT2D eigenvalue weighted by atomic mass is 32.2. The second-order valence-electron chi connectivity index (χ2n) is 9.18. The Bertz CT molecular complexity index is 926. The van der Waals surface area contributed by atoms with E-state index in [9.17, 15) is 9.35 Å². The number of aromatic nitrogens is 2. The zero-order valence-corrected chi connectivity index (χ0v) is 18.3. The average Bonchev–Trinajstić information content (AvgIpc) is 2.54. The van der Waals surface area contributed by atoms with Crippen LogP contribution in [0.5, 0.6) is 0 Å². The molecular weight excluding hydrogens is 358 g/mol. The van der Waals surface area contributed by atoms with Crippen LogP contribution < -0.4 is 10.3 Å². The minimum absolute atomic E-state index is 0.00258. The van der Waals surface area contributed by atoms with Crippen LogP contribution in [0.3, 0.4) is 0 Å². The Labute approximate surface area is 164 Å². The van der Waals surface area contributed by atoms with Crippen LogP contribution in [0.4, 0.5) is 0 Å². The highest BCUT2D eigenvalue weighted by molar-refractivity contribution is 7.90. The molecule has 1 fully saturated rings. The van der Waals surface area contributed by atoms with Crippen molar-refractivity contribution < 1.29 is 4.55 Å². The first-order chi connectivity index (χ1) is 12.4. The molecule has 1 heterocycles. The lowest BCUT2D eigenvalue weighted by Gasteiger charge is -2.38. The topological polar surface area (TPSA) is 70.0 Å². The molecule has 1 saturated carbocycles. The van der Waals surface area contributed by atoms with Crippen molar-refractivity contribution in [1.82, 2.24) is 14.3 Å². The smallest absolute Gasteiger partial charge is 0.261 e. The number of benzene rings is 1. The van der Waals surface area contributed by atoms with E-state index in [0.29, 0.717) is 5.39 Å². The predicted octanol–water partition coefficient (Wildman–Crippen LogP) is 3.80. The van der Waals surface area contributed by atoms with E-state index in [1.54, 1.807) is 4.57 Å². The van der Waals surface area contributed by atoms with Gasteiger partial charge in [-0.1, -0.05) is 19.4 Å². The van der Waals surface area contributed by atoms with E-state index in [1.807, 2.05) is 47.7 Å². The molecule has 1 aliphatic carbocycles. The first-order valence-electron chi connectivity index (χ1n) is 9.64. The molecule has 1 aliphatic rings. The summed E-state index contributed by atoms with van der Waals surface area (Å²) < 4.78 is 17.1. The van der Waals surface area contributed by atoms with Crippen LogP contribution in [0.2, 0.25) is 0 Å². The van der Waals surface area contributed by atoms with Crippen molar-refractivity contribution in [3.63, 3.8) is 0 Å². The van der Waals surface area contributed by atoms with Crippen LogP contribution in [-0.2, 0) is 23.8 Å². The molecule has 0 spiro atoms. The first kappa shape index (κ1) is 20.4. The van der Waals surface area contributed by atoms with E-state index < -0.39 is 11.4 Å². The van der Waals surface area contributed by atoms with Crippen LogP contribution in [0.1, 0.15) is 76.9 Å². The molecule has 0 aliphatic heterocycles. The van der Waals surface area contributed by atoms with Crippen molar-refractivity contribution in [2.75, 3.05) is 0 Å². The lowest BCUT2D eigenvalue weighted by atomic mass is 9.69. The summed E-state index contributed by atoms with van der Waals surface area (Å²) in [6, 6.07) is 3.79. The third-order valence-corrected chi connectivity index (χ3v) is 7.34. The van der Waals surface area contributed by atoms with E-state index in [4.69, 9.17) is 4.98 Å². The minimum Gasteiger partial charge on any atom is -0.598 e. The second kappa shape index (κ2) is 6.90. The monoisotopic (exact) mass is 389 g/mol. The van der Waals surface area contributed by atoms with E-state index >= 15 is 0 Å². The first-order valence-corrected chi connectivity index (χ1v) is 10.8. The largest absolute Gasteiger partial charge is 0.598 e. The standard InChI is InChI=1S/C21H31N3O2S/c1-13-11-15(14(2)23-27(26)20(3,4)5)17-16(12-13)18(25)24(7)19(22-17)21(6)9-8-10-21/h11-12,14,23H,8-10H2,1-7H3/t14-,27?/m1/s1. The molecular formula is C21H31N3O2S. The van der Waals surface area contributed by atoms with E-state index in [1.165, 1.54) is 6.42 Å². The van der Waals surface area contributed by atoms with Gasteiger partial charge in [0.25, 0.3) is 5.56 Å². The van der Waals surface area contributed by atoms with Crippen LogP contribution in [0.15, 0.2) is 16.9 Å². The molecule has 1 aromatic heterocycles. The Morgan fingerprint density at radius 2 is 1.96 bits per heavy atom. The van der Waals surface area contributed by atoms with Crippen molar-refractivity contribution in [3.8, 4) is 0 Å². The number of fused-ring (bicyclic) bond motifs is 1. The lowest BCUT2D eigenvalue weighted by Crippen LogP contribution is -2.41. The van der Waals surface area contributed by atoms with Crippen molar-refractivity contribution in [1.29, 1.82) is 0 Å². The number of hydrogen-bond donors (Lipinski definition) is 1. The molecule has 2 atom stereocenters. The summed E-state index contributed by atoms with van der Waals surface area (Å²) in [4.78, 5) is 18.1. The van der Waals surface area contributed by atoms with Gasteiger partial charge in [0, 0.05) is 29.4 Å². The molecule has 27 heavy (non-hydrogen) atoms. The van der Waals surface area contributed by atoms with Crippen LogP contribution in [-0.4, -0.2) is 18.9 Å². The maximum absolute atomic E-state index is 13.1. The van der Waals surface area contributed by atoms with Gasteiger partial charge in [0.15, 0.2) is 0 Å². The second-order valence-corrected chi connectivity index (χ2v) is 11.2. The Morgan fingerprint density at radius 1 is 1.33 bits per heavy atom. The maximum Gasteiger partial charge on any atom is 0.261 e. The summed E-state index contributed by atoms with van der Waals surface area (Å²) in [5.74, 6) is 0.862. The molecule has 1 aromatic carbocycles. The molecule has 0 saturated heterocycles.